The summed E-state index contributed by atoms with van der Waals surface area (Å²) in [7, 11) is 0. The van der Waals surface area contributed by atoms with E-state index in [1.54, 1.807) is 0 Å². The van der Waals surface area contributed by atoms with Gasteiger partial charge < -0.3 is 19.1 Å². The van der Waals surface area contributed by atoms with Crippen molar-refractivity contribution in [3.05, 3.63) is 280 Å². The number of hydrogen-bond donors (Lipinski definition) is 0. The first-order valence-corrected chi connectivity index (χ1v) is 26.3. The number of pyridine rings is 1. The second-order valence-electron chi connectivity index (χ2n) is 22.1. The Hall–Kier alpha value is -7.98. The molecule has 0 saturated heterocycles. The van der Waals surface area contributed by atoms with Crippen molar-refractivity contribution in [2.24, 2.45) is 0 Å². The number of anilines is 4. The number of para-hydroxylation sites is 2. The molecule has 0 spiro atoms. The van der Waals surface area contributed by atoms with Gasteiger partial charge in [0.2, 0.25) is 0 Å². The fourth-order valence-corrected chi connectivity index (χ4v) is 13.4. The number of aromatic nitrogens is 2. The molecule has 76 heavy (non-hydrogen) atoms. The Balaban J connectivity index is 0.00000528. The zero-order chi connectivity index (χ0) is 50.3. The fraction of sp³-hybridized carbons (Fsp3) is 0.143. The molecule has 0 N–H and O–H groups in total. The molecular formula is C70H53N4OPt-3. The van der Waals surface area contributed by atoms with Crippen molar-refractivity contribution in [1.29, 1.82) is 0 Å². The quantitative estimate of drug-likeness (QED) is 0.155. The molecule has 0 fully saturated rings. The molecule has 7 aliphatic rings. The summed E-state index contributed by atoms with van der Waals surface area (Å²) in [5.41, 5.74) is 24.0. The van der Waals surface area contributed by atoms with Gasteiger partial charge in [0.1, 0.15) is 5.82 Å². The third-order valence-corrected chi connectivity index (χ3v) is 16.6. The van der Waals surface area contributed by atoms with Crippen molar-refractivity contribution >= 4 is 44.6 Å². The van der Waals surface area contributed by atoms with Crippen molar-refractivity contribution < 1.29 is 25.8 Å². The van der Waals surface area contributed by atoms with Gasteiger partial charge in [-0.05, 0) is 128 Å². The number of ether oxygens (including phenoxy) is 1. The van der Waals surface area contributed by atoms with Crippen molar-refractivity contribution in [1.82, 2.24) is 9.55 Å². The minimum absolute atomic E-state index is 0. The molecule has 0 amide bonds. The Morgan fingerprint density at radius 1 is 0.487 bits per heavy atom. The molecule has 11 aromatic rings. The summed E-state index contributed by atoms with van der Waals surface area (Å²) in [6, 6.07) is 79.0. The van der Waals surface area contributed by atoms with Crippen LogP contribution in [0.2, 0.25) is 0 Å². The summed E-state index contributed by atoms with van der Waals surface area (Å²) in [6.45, 7) is 13.5. The van der Waals surface area contributed by atoms with Crippen LogP contribution >= 0.6 is 0 Å². The molecule has 1 aliphatic heterocycles. The average Bonchev–Trinajstić information content (AvgIpc) is 4.01. The molecule has 18 rings (SSSR count). The van der Waals surface area contributed by atoms with Crippen LogP contribution in [0.25, 0.3) is 38.8 Å². The summed E-state index contributed by atoms with van der Waals surface area (Å²) in [5.74, 6) is 2.65. The number of hydrogen-bond acceptors (Lipinski definition) is 4. The SMILES string of the molecule is Cc1ccc2c(c1)C1c3c(cc(C)cc3N3[CH-]N(c4[c-]c(Oc5[c-]c6c(cc5)c5cc(-c7ccccc7)ccc5n6-c5cc(C(C)(C)C)ccn5)ccc4)c4ccccc43)C2C2c3ccccc3C1c1ccccc12.[Pt]. The number of fused-ring (bicyclic) bond motifs is 4. The maximum absolute atomic E-state index is 6.82. The Labute approximate surface area is 459 Å². The molecule has 4 bridgehead atoms. The van der Waals surface area contributed by atoms with Gasteiger partial charge >= 0.3 is 0 Å². The predicted molar refractivity (Wildman–Crippen MR) is 305 cm³/mol. The number of nitrogens with zero attached hydrogens (tertiary/aromatic N) is 4. The number of rotatable bonds is 6. The first kappa shape index (κ1) is 46.5. The van der Waals surface area contributed by atoms with Crippen LogP contribution in [-0.2, 0) is 26.5 Å². The van der Waals surface area contributed by atoms with E-state index in [9.17, 15) is 0 Å². The molecular weight excluding hydrogens is 1110 g/mol. The molecule has 2 aromatic heterocycles. The second kappa shape index (κ2) is 17.5. The van der Waals surface area contributed by atoms with Crippen LogP contribution < -0.4 is 14.5 Å². The van der Waals surface area contributed by atoms with Gasteiger partial charge in [0.25, 0.3) is 0 Å². The van der Waals surface area contributed by atoms with E-state index in [1.165, 1.54) is 72.4 Å². The van der Waals surface area contributed by atoms with Gasteiger partial charge in [-0.1, -0.05) is 159 Å². The smallest absolute Gasteiger partial charge is 0.135 e. The average molecular weight is 1160 g/mol. The molecule has 0 radical (unpaired) electrons. The Bertz CT molecular complexity index is 4100. The molecule has 3 heterocycles. The van der Waals surface area contributed by atoms with Crippen molar-refractivity contribution in [2.75, 3.05) is 9.80 Å². The van der Waals surface area contributed by atoms with Crippen LogP contribution in [0.5, 0.6) is 11.5 Å². The third kappa shape index (κ3) is 7.12. The van der Waals surface area contributed by atoms with Crippen molar-refractivity contribution in [3.8, 4) is 28.4 Å². The zero-order valence-corrected chi connectivity index (χ0v) is 45.2. The van der Waals surface area contributed by atoms with Gasteiger partial charge in [-0.15, -0.1) is 48.1 Å². The summed E-state index contributed by atoms with van der Waals surface area (Å²) < 4.78 is 9.05. The number of benzene rings is 9. The zero-order valence-electron chi connectivity index (χ0n) is 43.0. The van der Waals surface area contributed by atoms with Crippen LogP contribution in [0, 0.1) is 32.6 Å². The van der Waals surface area contributed by atoms with Gasteiger partial charge in [-0.2, -0.15) is 12.1 Å². The van der Waals surface area contributed by atoms with Crippen LogP contribution in [-0.4, -0.2) is 9.55 Å². The summed E-state index contributed by atoms with van der Waals surface area (Å²) >= 11 is 0. The minimum Gasteiger partial charge on any atom is -0.509 e. The number of aryl methyl sites for hydroxylation is 2. The summed E-state index contributed by atoms with van der Waals surface area (Å²) in [5, 5.41) is 2.21. The van der Waals surface area contributed by atoms with E-state index in [2.05, 4.69) is 250 Å². The maximum atomic E-state index is 6.82. The third-order valence-electron chi connectivity index (χ3n) is 16.6. The van der Waals surface area contributed by atoms with E-state index in [0.29, 0.717) is 11.5 Å². The Morgan fingerprint density at radius 3 is 1.87 bits per heavy atom. The van der Waals surface area contributed by atoms with Gasteiger partial charge in [0.05, 0.1) is 0 Å². The van der Waals surface area contributed by atoms with Crippen LogP contribution in [0.15, 0.2) is 200 Å². The molecule has 0 saturated carbocycles. The largest absolute Gasteiger partial charge is 0.509 e. The van der Waals surface area contributed by atoms with E-state index in [4.69, 9.17) is 9.72 Å². The molecule has 2 atom stereocenters. The van der Waals surface area contributed by atoms with Crippen molar-refractivity contribution in [2.45, 2.75) is 63.7 Å². The van der Waals surface area contributed by atoms with E-state index in [-0.39, 0.29) is 50.2 Å². The first-order valence-electron chi connectivity index (χ1n) is 26.3. The van der Waals surface area contributed by atoms with Gasteiger partial charge in [0, 0.05) is 85.0 Å². The molecule has 9 aromatic carbocycles. The van der Waals surface area contributed by atoms with E-state index >= 15 is 0 Å². The summed E-state index contributed by atoms with van der Waals surface area (Å²) in [4.78, 5) is 9.69. The second-order valence-corrected chi connectivity index (χ2v) is 22.1. The van der Waals surface area contributed by atoms with Gasteiger partial charge in [-0.25, -0.2) is 4.98 Å². The van der Waals surface area contributed by atoms with E-state index < -0.39 is 0 Å². The van der Waals surface area contributed by atoms with Gasteiger partial charge in [0.15, 0.2) is 0 Å². The fourth-order valence-electron chi connectivity index (χ4n) is 13.4. The molecule has 2 unspecified atom stereocenters. The monoisotopic (exact) mass is 1160 g/mol. The van der Waals surface area contributed by atoms with Crippen LogP contribution in [0.1, 0.15) is 106 Å². The normalized spacial score (nSPS) is 17.6. The van der Waals surface area contributed by atoms with E-state index in [1.807, 2.05) is 18.3 Å². The van der Waals surface area contributed by atoms with Crippen molar-refractivity contribution in [3.63, 3.8) is 0 Å². The Kier molecular flexibility index (Phi) is 10.7. The maximum Gasteiger partial charge on any atom is 0.135 e. The topological polar surface area (TPSA) is 33.5 Å². The molecule has 6 heteroatoms. The predicted octanol–water partition coefficient (Wildman–Crippen LogP) is 17.4. The molecule has 5 nitrogen and oxygen atoms in total. The first-order chi connectivity index (χ1) is 36.6. The summed E-state index contributed by atoms with van der Waals surface area (Å²) in [6.07, 6.45) is 1.92. The minimum atomic E-state index is -0.0526. The molecule has 6 aliphatic carbocycles. The van der Waals surface area contributed by atoms with E-state index in [0.717, 1.165) is 50.2 Å². The van der Waals surface area contributed by atoms with Crippen LogP contribution in [0.3, 0.4) is 0 Å². The molecule has 372 valence electrons. The Morgan fingerprint density at radius 2 is 1.13 bits per heavy atom. The van der Waals surface area contributed by atoms with Crippen LogP contribution in [0.4, 0.5) is 22.7 Å². The van der Waals surface area contributed by atoms with Gasteiger partial charge in [-0.3, -0.25) is 0 Å². The standard InChI is InChI=1S/C70H53N4O.Pt/c1-42-26-29-55-57(34-42)69-66-53-22-11-9-20-51(53)65(52-21-10-12-23-54(52)66)67(55)58-35-43(2)36-63(68(58)69)73-41-72(60-24-13-14-25-61(60)73)47-18-15-19-48(39-47)75-49-28-30-50-56-37-45(44-16-7-6-8-17-44)27-31-59(56)74(62(50)40-49)64-38-46(32-33-71-64)70(3,4)5;/h6-38,41,65-67,69H,1-5H3;/q-3;.